The maximum atomic E-state index is 13.8. The van der Waals surface area contributed by atoms with Crippen LogP contribution in [0.15, 0.2) is 42.5 Å². The van der Waals surface area contributed by atoms with E-state index in [1.54, 1.807) is 7.11 Å². The summed E-state index contributed by atoms with van der Waals surface area (Å²) in [6, 6.07) is 12.7. The number of methoxy groups -OCH3 is 1. The number of anilines is 1. The SMILES string of the molecule is COc1ccc(CN2C(=O)[C@H]3[C@@H](C2=O)[C@@]2(N[C@H]3C(C)C)C(=O)Nc3c(C)cccc32)cc1. The zero-order chi connectivity index (χ0) is 22.8. The molecule has 0 aliphatic carbocycles. The van der Waals surface area contributed by atoms with E-state index in [1.807, 2.05) is 63.2 Å². The van der Waals surface area contributed by atoms with Gasteiger partial charge in [-0.15, -0.1) is 0 Å². The summed E-state index contributed by atoms with van der Waals surface area (Å²) in [6.45, 7) is 6.14. The summed E-state index contributed by atoms with van der Waals surface area (Å²) in [5.41, 5.74) is 2.03. The number of carbonyl (C=O) groups is 3. The largest absolute Gasteiger partial charge is 0.497 e. The number of benzene rings is 2. The summed E-state index contributed by atoms with van der Waals surface area (Å²) in [5, 5.41) is 6.45. The molecule has 7 nitrogen and oxygen atoms in total. The van der Waals surface area contributed by atoms with E-state index in [0.717, 1.165) is 22.4 Å². The van der Waals surface area contributed by atoms with Crippen molar-refractivity contribution >= 4 is 23.4 Å². The molecule has 3 heterocycles. The molecule has 166 valence electrons. The number of amides is 3. The van der Waals surface area contributed by atoms with Gasteiger partial charge >= 0.3 is 0 Å². The maximum Gasteiger partial charge on any atom is 0.250 e. The van der Waals surface area contributed by atoms with Crippen molar-refractivity contribution in [2.75, 3.05) is 12.4 Å². The molecule has 0 radical (unpaired) electrons. The number of fused-ring (bicyclic) bond motifs is 4. The van der Waals surface area contributed by atoms with Crippen LogP contribution in [-0.2, 0) is 26.5 Å². The molecule has 2 fully saturated rings. The van der Waals surface area contributed by atoms with Gasteiger partial charge in [-0.25, -0.2) is 0 Å². The van der Waals surface area contributed by atoms with Crippen LogP contribution in [0.25, 0.3) is 0 Å². The number of ether oxygens (including phenoxy) is 1. The Morgan fingerprint density at radius 2 is 1.78 bits per heavy atom. The minimum absolute atomic E-state index is 0.0706. The van der Waals surface area contributed by atoms with Gasteiger partial charge in [0.25, 0.3) is 0 Å². The number of aryl methyl sites for hydroxylation is 1. The highest BCUT2D eigenvalue weighted by molar-refractivity contribution is 6.15. The van der Waals surface area contributed by atoms with E-state index in [-0.39, 0.29) is 36.2 Å². The number of likely N-dealkylation sites (tertiary alicyclic amines) is 1. The first-order valence-corrected chi connectivity index (χ1v) is 11.0. The van der Waals surface area contributed by atoms with Gasteiger partial charge in [-0.05, 0) is 36.1 Å². The van der Waals surface area contributed by atoms with Gasteiger partial charge in [0, 0.05) is 17.3 Å². The molecular formula is C25H27N3O4. The second-order valence-corrected chi connectivity index (χ2v) is 9.29. The minimum Gasteiger partial charge on any atom is -0.497 e. The molecule has 32 heavy (non-hydrogen) atoms. The summed E-state index contributed by atoms with van der Waals surface area (Å²) in [5.74, 6) is -1.35. The number of rotatable bonds is 4. The van der Waals surface area contributed by atoms with Crippen LogP contribution in [0.5, 0.6) is 5.75 Å². The van der Waals surface area contributed by atoms with Gasteiger partial charge in [0.1, 0.15) is 11.3 Å². The zero-order valence-corrected chi connectivity index (χ0v) is 18.6. The lowest BCUT2D eigenvalue weighted by Crippen LogP contribution is -2.53. The molecule has 1 spiro atoms. The molecule has 3 aliphatic heterocycles. The lowest BCUT2D eigenvalue weighted by molar-refractivity contribution is -0.143. The summed E-state index contributed by atoms with van der Waals surface area (Å²) >= 11 is 0. The molecule has 0 saturated carbocycles. The quantitative estimate of drug-likeness (QED) is 0.724. The molecule has 4 atom stereocenters. The normalized spacial score (nSPS) is 28.5. The van der Waals surface area contributed by atoms with E-state index >= 15 is 0 Å². The van der Waals surface area contributed by atoms with E-state index in [9.17, 15) is 14.4 Å². The predicted octanol–water partition coefficient (Wildman–Crippen LogP) is 2.58. The minimum atomic E-state index is -1.23. The van der Waals surface area contributed by atoms with Crippen LogP contribution in [0.1, 0.15) is 30.5 Å². The number of hydrogen-bond donors (Lipinski definition) is 2. The Morgan fingerprint density at radius 1 is 1.06 bits per heavy atom. The maximum absolute atomic E-state index is 13.8. The third-order valence-corrected chi connectivity index (χ3v) is 7.20. The van der Waals surface area contributed by atoms with Gasteiger partial charge < -0.3 is 10.1 Å². The topological polar surface area (TPSA) is 87.7 Å². The van der Waals surface area contributed by atoms with Gasteiger partial charge in [-0.2, -0.15) is 0 Å². The standard InChI is InChI=1S/C25H27N3O4/c1-13(2)20-18-19(25(27-20)17-7-5-6-14(3)21(17)26-24(25)31)23(30)28(22(18)29)12-15-8-10-16(32-4)11-9-15/h5-11,13,18-20,27H,12H2,1-4H3,(H,26,31)/t18-,19-,20-,25+/m0/s1. The average molecular weight is 434 g/mol. The van der Waals surface area contributed by atoms with Crippen LogP contribution in [0.4, 0.5) is 5.69 Å². The molecule has 2 aromatic carbocycles. The first-order chi connectivity index (χ1) is 15.3. The molecule has 5 rings (SSSR count). The molecule has 0 aromatic heterocycles. The predicted molar refractivity (Wildman–Crippen MR) is 119 cm³/mol. The van der Waals surface area contributed by atoms with Crippen LogP contribution in [0, 0.1) is 24.7 Å². The number of hydrogen-bond acceptors (Lipinski definition) is 5. The van der Waals surface area contributed by atoms with Gasteiger partial charge in [0.2, 0.25) is 17.7 Å². The molecule has 0 bridgehead atoms. The molecule has 2 saturated heterocycles. The van der Waals surface area contributed by atoms with Gasteiger partial charge in [-0.1, -0.05) is 44.2 Å². The highest BCUT2D eigenvalue weighted by atomic mass is 16.5. The van der Waals surface area contributed by atoms with Gasteiger partial charge in [0.15, 0.2) is 0 Å². The van der Waals surface area contributed by atoms with Crippen molar-refractivity contribution in [1.29, 1.82) is 0 Å². The summed E-state index contributed by atoms with van der Waals surface area (Å²) in [6.07, 6.45) is 0. The Balaban J connectivity index is 1.58. The van der Waals surface area contributed by atoms with Crippen LogP contribution < -0.4 is 15.4 Å². The molecule has 3 aliphatic rings. The Kier molecular flexibility index (Phi) is 4.64. The smallest absolute Gasteiger partial charge is 0.250 e. The molecular weight excluding hydrogens is 406 g/mol. The van der Waals surface area contributed by atoms with E-state index < -0.39 is 17.4 Å². The zero-order valence-electron chi connectivity index (χ0n) is 18.6. The van der Waals surface area contributed by atoms with Crippen LogP contribution >= 0.6 is 0 Å². The highest BCUT2D eigenvalue weighted by Gasteiger charge is 2.70. The second kappa shape index (κ2) is 7.17. The van der Waals surface area contributed by atoms with E-state index in [1.165, 1.54) is 4.90 Å². The number of nitrogens with one attached hydrogen (secondary N) is 2. The molecule has 3 amide bonds. The number of carbonyl (C=O) groups excluding carboxylic acids is 3. The summed E-state index contributed by atoms with van der Waals surface area (Å²) < 4.78 is 5.20. The van der Waals surface area contributed by atoms with Crippen molar-refractivity contribution in [2.45, 2.75) is 38.9 Å². The first kappa shape index (κ1) is 20.7. The lowest BCUT2D eigenvalue weighted by atomic mass is 9.75. The fraction of sp³-hybridized carbons (Fsp3) is 0.400. The first-order valence-electron chi connectivity index (χ1n) is 11.0. The number of para-hydroxylation sites is 1. The Bertz CT molecular complexity index is 1130. The third-order valence-electron chi connectivity index (χ3n) is 7.20. The van der Waals surface area contributed by atoms with E-state index in [0.29, 0.717) is 5.75 Å². The van der Waals surface area contributed by atoms with Crippen molar-refractivity contribution in [3.05, 3.63) is 59.2 Å². The van der Waals surface area contributed by atoms with Crippen molar-refractivity contribution < 1.29 is 19.1 Å². The van der Waals surface area contributed by atoms with Crippen LogP contribution in [0.3, 0.4) is 0 Å². The van der Waals surface area contributed by atoms with Crippen LogP contribution in [0.2, 0.25) is 0 Å². The van der Waals surface area contributed by atoms with Gasteiger partial charge in [0.05, 0.1) is 25.5 Å². The molecule has 2 aromatic rings. The molecule has 0 unspecified atom stereocenters. The lowest BCUT2D eigenvalue weighted by Gasteiger charge is -2.30. The van der Waals surface area contributed by atoms with Gasteiger partial charge in [-0.3, -0.25) is 24.6 Å². The molecule has 2 N–H and O–H groups in total. The van der Waals surface area contributed by atoms with Crippen molar-refractivity contribution in [1.82, 2.24) is 10.2 Å². The number of nitrogens with zero attached hydrogens (tertiary/aromatic N) is 1. The average Bonchev–Trinajstić information content (AvgIpc) is 3.36. The van der Waals surface area contributed by atoms with Crippen LogP contribution in [-0.4, -0.2) is 35.8 Å². The van der Waals surface area contributed by atoms with Crippen molar-refractivity contribution in [3.63, 3.8) is 0 Å². The fourth-order valence-corrected chi connectivity index (χ4v) is 5.61. The fourth-order valence-electron chi connectivity index (χ4n) is 5.61. The Hall–Kier alpha value is -3.19. The number of imide groups is 1. The Labute approximate surface area is 187 Å². The summed E-state index contributed by atoms with van der Waals surface area (Å²) in [4.78, 5) is 42.1. The van der Waals surface area contributed by atoms with Crippen molar-refractivity contribution in [3.8, 4) is 5.75 Å². The highest BCUT2D eigenvalue weighted by Crippen LogP contribution is 2.54. The monoisotopic (exact) mass is 433 g/mol. The third kappa shape index (κ3) is 2.67. The van der Waals surface area contributed by atoms with E-state index in [4.69, 9.17) is 4.74 Å². The Morgan fingerprint density at radius 3 is 2.44 bits per heavy atom. The second-order valence-electron chi connectivity index (χ2n) is 9.29. The molecule has 7 heteroatoms. The van der Waals surface area contributed by atoms with E-state index in [2.05, 4.69) is 10.6 Å². The summed E-state index contributed by atoms with van der Waals surface area (Å²) in [7, 11) is 1.59. The van der Waals surface area contributed by atoms with Crippen molar-refractivity contribution in [2.24, 2.45) is 17.8 Å².